The zero-order valence-corrected chi connectivity index (χ0v) is 17.9. The lowest BCUT2D eigenvalue weighted by Crippen LogP contribution is -2.31. The molecule has 0 radical (unpaired) electrons. The summed E-state index contributed by atoms with van der Waals surface area (Å²) in [7, 11) is 0. The van der Waals surface area contributed by atoms with Gasteiger partial charge in [-0.15, -0.1) is 16.4 Å². The van der Waals surface area contributed by atoms with Crippen LogP contribution < -0.4 is 5.32 Å². The smallest absolute Gasteiger partial charge is 0.253 e. The lowest BCUT2D eigenvalue weighted by molar-refractivity contribution is -0.121. The Kier molecular flexibility index (Phi) is 6.16. The van der Waals surface area contributed by atoms with Crippen LogP contribution in [-0.4, -0.2) is 31.7 Å². The van der Waals surface area contributed by atoms with Crippen molar-refractivity contribution in [2.75, 3.05) is 6.26 Å². The van der Waals surface area contributed by atoms with Crippen LogP contribution in [0.3, 0.4) is 0 Å². The van der Waals surface area contributed by atoms with Crippen molar-refractivity contribution in [3.8, 4) is 0 Å². The summed E-state index contributed by atoms with van der Waals surface area (Å²) in [6.45, 7) is 8.24. The highest BCUT2D eigenvalue weighted by Crippen LogP contribution is 2.26. The highest BCUT2D eigenvalue weighted by Gasteiger charge is 2.20. The number of thiophene rings is 1. The number of hydrogen-bond donors (Lipinski definition) is 1. The van der Waals surface area contributed by atoms with E-state index in [9.17, 15) is 4.79 Å². The van der Waals surface area contributed by atoms with E-state index < -0.39 is 0 Å². The maximum atomic E-state index is 12.8. The largest absolute Gasteiger partial charge is 0.348 e. The molecule has 3 heterocycles. The average molecular weight is 404 g/mol. The highest BCUT2D eigenvalue weighted by molar-refractivity contribution is 7.98. The van der Waals surface area contributed by atoms with Gasteiger partial charge in [-0.1, -0.05) is 31.7 Å². The third-order valence-electron chi connectivity index (χ3n) is 4.48. The molecule has 1 N–H and O–H groups in total. The van der Waals surface area contributed by atoms with Crippen molar-refractivity contribution in [2.24, 2.45) is 5.92 Å². The molecule has 3 rings (SSSR count). The third kappa shape index (κ3) is 4.50. The summed E-state index contributed by atoms with van der Waals surface area (Å²) in [6, 6.07) is 4.16. The normalized spacial score (nSPS) is 12.7. The van der Waals surface area contributed by atoms with Gasteiger partial charge in [-0.3, -0.25) is 4.79 Å². The van der Waals surface area contributed by atoms with E-state index in [1.54, 1.807) is 15.9 Å². The van der Waals surface area contributed by atoms with Crippen LogP contribution in [0, 0.1) is 19.8 Å². The average Bonchev–Trinajstić information content (AvgIpc) is 3.27. The topological polar surface area (TPSA) is 72.2 Å². The molecule has 0 saturated carbocycles. The second-order valence-electron chi connectivity index (χ2n) is 7.01. The summed E-state index contributed by atoms with van der Waals surface area (Å²) in [5, 5.41) is 10.4. The van der Waals surface area contributed by atoms with Crippen molar-refractivity contribution in [3.63, 3.8) is 0 Å². The summed E-state index contributed by atoms with van der Waals surface area (Å²) in [4.78, 5) is 22.9. The number of hydrogen-bond acceptors (Lipinski definition) is 6. The van der Waals surface area contributed by atoms with Gasteiger partial charge in [0.15, 0.2) is 0 Å². The van der Waals surface area contributed by atoms with Gasteiger partial charge in [-0.05, 0) is 43.9 Å². The molecular formula is C19H25N5OS2. The molecule has 0 aromatic carbocycles. The lowest BCUT2D eigenvalue weighted by atomic mass is 10.0. The molecule has 0 spiro atoms. The van der Waals surface area contributed by atoms with Crippen LogP contribution in [0.1, 0.15) is 48.1 Å². The number of amides is 1. The Morgan fingerprint density at radius 3 is 2.74 bits per heavy atom. The molecule has 0 aliphatic heterocycles. The molecule has 0 fully saturated rings. The van der Waals surface area contributed by atoms with Gasteiger partial charge < -0.3 is 5.32 Å². The summed E-state index contributed by atoms with van der Waals surface area (Å²) in [5.41, 5.74) is 2.65. The van der Waals surface area contributed by atoms with Gasteiger partial charge in [-0.2, -0.15) is 4.98 Å². The van der Waals surface area contributed by atoms with E-state index in [1.807, 2.05) is 26.2 Å². The molecule has 6 nitrogen and oxygen atoms in total. The standard InChI is InChI=1S/C19H25N5OS2/c1-11(2)9-15(16-7-6-8-27-16)21-17(25)10-14-12(3)20-18-22-19(26-5)23-24(18)13(14)4/h6-8,11,15H,9-10H2,1-5H3,(H,21,25). The third-order valence-corrected chi connectivity index (χ3v) is 6.00. The van der Waals surface area contributed by atoms with Crippen LogP contribution >= 0.6 is 23.1 Å². The fraction of sp³-hybridized carbons (Fsp3) is 0.474. The zero-order valence-electron chi connectivity index (χ0n) is 16.3. The van der Waals surface area contributed by atoms with Crippen LogP contribution in [0.2, 0.25) is 0 Å². The van der Waals surface area contributed by atoms with Crippen molar-refractivity contribution in [3.05, 3.63) is 39.3 Å². The summed E-state index contributed by atoms with van der Waals surface area (Å²) < 4.78 is 1.73. The quantitative estimate of drug-likeness (QED) is 0.604. The molecule has 8 heteroatoms. The Morgan fingerprint density at radius 2 is 2.11 bits per heavy atom. The second kappa shape index (κ2) is 8.39. The summed E-state index contributed by atoms with van der Waals surface area (Å²) >= 11 is 3.16. The van der Waals surface area contributed by atoms with Gasteiger partial charge in [-0.25, -0.2) is 9.50 Å². The van der Waals surface area contributed by atoms with Gasteiger partial charge in [0.1, 0.15) is 0 Å². The van der Waals surface area contributed by atoms with Crippen LogP contribution in [0.4, 0.5) is 0 Å². The number of rotatable bonds is 7. The first-order valence-corrected chi connectivity index (χ1v) is 11.1. The maximum Gasteiger partial charge on any atom is 0.253 e. The summed E-state index contributed by atoms with van der Waals surface area (Å²) in [6.07, 6.45) is 3.14. The Bertz CT molecular complexity index is 933. The van der Waals surface area contributed by atoms with Crippen LogP contribution in [-0.2, 0) is 11.2 Å². The molecule has 1 atom stereocenters. The molecule has 1 amide bonds. The van der Waals surface area contributed by atoms with Gasteiger partial charge in [0, 0.05) is 21.8 Å². The van der Waals surface area contributed by atoms with E-state index >= 15 is 0 Å². The number of nitrogens with zero attached hydrogens (tertiary/aromatic N) is 4. The Labute approximate surface area is 167 Å². The lowest BCUT2D eigenvalue weighted by Gasteiger charge is -2.20. The fourth-order valence-electron chi connectivity index (χ4n) is 3.15. The molecule has 0 aliphatic carbocycles. The molecule has 0 saturated heterocycles. The van der Waals surface area contributed by atoms with E-state index in [0.717, 1.165) is 23.4 Å². The minimum atomic E-state index is 0.00612. The van der Waals surface area contributed by atoms with E-state index in [4.69, 9.17) is 0 Å². The number of aryl methyl sites for hydroxylation is 2. The first-order valence-electron chi connectivity index (χ1n) is 8.98. The van der Waals surface area contributed by atoms with E-state index in [-0.39, 0.29) is 18.4 Å². The Balaban J connectivity index is 1.82. The first kappa shape index (κ1) is 19.8. The van der Waals surface area contributed by atoms with Gasteiger partial charge in [0.25, 0.3) is 5.78 Å². The Hall–Kier alpha value is -1.93. The predicted molar refractivity (Wildman–Crippen MR) is 110 cm³/mol. The molecule has 1 unspecified atom stereocenters. The van der Waals surface area contributed by atoms with Crippen LogP contribution in [0.25, 0.3) is 5.78 Å². The number of aromatic nitrogens is 4. The van der Waals surface area contributed by atoms with Crippen molar-refractivity contribution < 1.29 is 4.79 Å². The summed E-state index contributed by atoms with van der Waals surface area (Å²) in [5.74, 6) is 1.08. The molecule has 0 bridgehead atoms. The van der Waals surface area contributed by atoms with Crippen molar-refractivity contribution >= 4 is 34.8 Å². The zero-order chi connectivity index (χ0) is 19.6. The van der Waals surface area contributed by atoms with Crippen LogP contribution in [0.15, 0.2) is 22.7 Å². The molecule has 3 aromatic rings. The Morgan fingerprint density at radius 1 is 1.33 bits per heavy atom. The monoisotopic (exact) mass is 403 g/mol. The van der Waals surface area contributed by atoms with E-state index in [2.05, 4.69) is 45.7 Å². The highest BCUT2D eigenvalue weighted by atomic mass is 32.2. The molecule has 0 aliphatic rings. The number of carbonyl (C=O) groups is 1. The maximum absolute atomic E-state index is 12.8. The number of thioether (sulfide) groups is 1. The predicted octanol–water partition coefficient (Wildman–Crippen LogP) is 3.97. The van der Waals surface area contributed by atoms with E-state index in [0.29, 0.717) is 16.9 Å². The fourth-order valence-corrected chi connectivity index (χ4v) is 4.27. The minimum Gasteiger partial charge on any atom is -0.348 e. The van der Waals surface area contributed by atoms with Crippen molar-refractivity contribution in [1.29, 1.82) is 0 Å². The van der Waals surface area contributed by atoms with E-state index in [1.165, 1.54) is 16.6 Å². The molecule has 27 heavy (non-hydrogen) atoms. The second-order valence-corrected chi connectivity index (χ2v) is 8.77. The first-order chi connectivity index (χ1) is 12.9. The number of nitrogens with one attached hydrogen (secondary N) is 1. The molecule has 3 aromatic heterocycles. The minimum absolute atomic E-state index is 0.00612. The van der Waals surface area contributed by atoms with Crippen LogP contribution in [0.5, 0.6) is 0 Å². The van der Waals surface area contributed by atoms with Crippen molar-refractivity contribution in [2.45, 2.75) is 51.7 Å². The molecular weight excluding hydrogens is 378 g/mol. The van der Waals surface area contributed by atoms with Gasteiger partial charge in [0.05, 0.1) is 12.5 Å². The van der Waals surface area contributed by atoms with Gasteiger partial charge in [0.2, 0.25) is 11.1 Å². The SMILES string of the molecule is CSc1nc2nc(C)c(CC(=O)NC(CC(C)C)c3cccs3)c(C)n2n1. The number of fused-ring (bicyclic) bond motifs is 1. The molecule has 144 valence electrons. The van der Waals surface area contributed by atoms with Gasteiger partial charge >= 0.3 is 0 Å². The number of carbonyl (C=O) groups excluding carboxylic acids is 1. The van der Waals surface area contributed by atoms with Crippen molar-refractivity contribution in [1.82, 2.24) is 24.9 Å².